The quantitative estimate of drug-likeness (QED) is 0.427. The van der Waals surface area contributed by atoms with Crippen LogP contribution in [0.15, 0.2) is 54.7 Å². The van der Waals surface area contributed by atoms with Gasteiger partial charge in [0.05, 0.1) is 11.2 Å². The Balaban J connectivity index is 1.91. The lowest BCUT2D eigenvalue weighted by Crippen LogP contribution is -2.19. The van der Waals surface area contributed by atoms with E-state index in [9.17, 15) is 18.3 Å². The summed E-state index contributed by atoms with van der Waals surface area (Å²) in [6.07, 6.45) is 2.66. The van der Waals surface area contributed by atoms with Crippen molar-refractivity contribution in [2.45, 2.75) is 18.9 Å². The van der Waals surface area contributed by atoms with Crippen LogP contribution >= 0.6 is 11.6 Å². The van der Waals surface area contributed by atoms with Gasteiger partial charge in [-0.05, 0) is 48.7 Å². The number of nitrogens with zero attached hydrogens (tertiary/aromatic N) is 2. The standard InChI is InChI=1S/C19H19ClN2O5S/c1-21(27-28(25)26)16-3-2-4-17-15(16)11-12-22(17)18(19(23)24)10-7-13-5-8-14(20)9-6-13/h2-6,8-9,11-12,18,28H,7,10H2,1H3,(H,23,24). The van der Waals surface area contributed by atoms with E-state index in [4.69, 9.17) is 15.9 Å². The third kappa shape index (κ3) is 4.46. The predicted octanol–water partition coefficient (Wildman–Crippen LogP) is 3.45. The first-order valence-electron chi connectivity index (χ1n) is 8.50. The molecule has 0 aliphatic heterocycles. The summed E-state index contributed by atoms with van der Waals surface area (Å²) in [4.78, 5) is 11.9. The van der Waals surface area contributed by atoms with Crippen molar-refractivity contribution in [2.24, 2.45) is 0 Å². The summed E-state index contributed by atoms with van der Waals surface area (Å²) in [5.74, 6) is -0.941. The van der Waals surface area contributed by atoms with Gasteiger partial charge in [0.1, 0.15) is 6.04 Å². The molecule has 2 aromatic carbocycles. The van der Waals surface area contributed by atoms with Crippen LogP contribution in [0.4, 0.5) is 5.69 Å². The largest absolute Gasteiger partial charge is 0.480 e. The third-order valence-electron chi connectivity index (χ3n) is 4.51. The number of benzene rings is 2. The van der Waals surface area contributed by atoms with Crippen LogP contribution in [0.25, 0.3) is 10.9 Å². The molecule has 0 aliphatic rings. The highest BCUT2D eigenvalue weighted by atomic mass is 35.5. The lowest BCUT2D eigenvalue weighted by atomic mass is 10.0. The second kappa shape index (κ2) is 8.64. The number of carboxylic acid groups (broad SMARTS) is 1. The second-order valence-corrected chi connectivity index (χ2v) is 7.30. The molecule has 28 heavy (non-hydrogen) atoms. The van der Waals surface area contributed by atoms with Crippen LogP contribution in [0.1, 0.15) is 18.0 Å². The van der Waals surface area contributed by atoms with Crippen LogP contribution in [-0.4, -0.2) is 31.1 Å². The fraction of sp³-hybridized carbons (Fsp3) is 0.211. The highest BCUT2D eigenvalue weighted by Crippen LogP contribution is 2.30. The molecule has 1 aromatic heterocycles. The van der Waals surface area contributed by atoms with E-state index in [-0.39, 0.29) is 0 Å². The van der Waals surface area contributed by atoms with Crippen LogP contribution < -0.4 is 5.06 Å². The Morgan fingerprint density at radius 2 is 1.93 bits per heavy atom. The Labute approximate surface area is 168 Å². The molecule has 9 heteroatoms. The zero-order valence-corrected chi connectivity index (χ0v) is 16.6. The van der Waals surface area contributed by atoms with E-state index in [1.807, 2.05) is 12.1 Å². The summed E-state index contributed by atoms with van der Waals surface area (Å²) in [6, 6.07) is 13.5. The van der Waals surface area contributed by atoms with E-state index in [1.165, 1.54) is 7.05 Å². The molecule has 0 radical (unpaired) electrons. The summed E-state index contributed by atoms with van der Waals surface area (Å²) in [7, 11) is -1.57. The van der Waals surface area contributed by atoms with Crippen molar-refractivity contribution in [3.63, 3.8) is 0 Å². The molecule has 0 saturated heterocycles. The van der Waals surface area contributed by atoms with Crippen molar-refractivity contribution < 1.29 is 22.6 Å². The van der Waals surface area contributed by atoms with E-state index in [0.717, 1.165) is 10.6 Å². The first-order chi connectivity index (χ1) is 13.4. The van der Waals surface area contributed by atoms with Crippen molar-refractivity contribution in [3.05, 3.63) is 65.3 Å². The fourth-order valence-corrected chi connectivity index (χ4v) is 3.61. The maximum absolute atomic E-state index is 11.9. The highest BCUT2D eigenvalue weighted by Gasteiger charge is 2.22. The second-order valence-electron chi connectivity index (χ2n) is 6.25. The van der Waals surface area contributed by atoms with Crippen molar-refractivity contribution >= 4 is 45.1 Å². The van der Waals surface area contributed by atoms with Gasteiger partial charge in [0, 0.05) is 23.7 Å². The molecule has 0 saturated carbocycles. The zero-order chi connectivity index (χ0) is 20.3. The molecule has 0 amide bonds. The first-order valence-corrected chi connectivity index (χ1v) is 9.97. The number of aliphatic carboxylic acids is 1. The first kappa shape index (κ1) is 20.2. The molecular weight excluding hydrogens is 404 g/mol. The number of aromatic nitrogens is 1. The van der Waals surface area contributed by atoms with Gasteiger partial charge >= 0.3 is 5.97 Å². The highest BCUT2D eigenvalue weighted by molar-refractivity contribution is 7.67. The average molecular weight is 423 g/mol. The number of carboxylic acids is 1. The zero-order valence-electron chi connectivity index (χ0n) is 15.0. The molecule has 148 valence electrons. The van der Waals surface area contributed by atoms with Crippen LogP contribution in [0.2, 0.25) is 5.02 Å². The number of fused-ring (bicyclic) bond motifs is 1. The number of hydroxylamine groups is 1. The normalized spacial score (nSPS) is 12.4. The summed E-state index contributed by atoms with van der Waals surface area (Å²) >= 11 is 5.89. The minimum Gasteiger partial charge on any atom is -0.480 e. The number of anilines is 1. The number of halogens is 1. The fourth-order valence-electron chi connectivity index (χ4n) is 3.20. The van der Waals surface area contributed by atoms with Gasteiger partial charge in [-0.1, -0.05) is 29.8 Å². The van der Waals surface area contributed by atoms with E-state index in [0.29, 0.717) is 34.5 Å². The van der Waals surface area contributed by atoms with Crippen molar-refractivity contribution in [1.29, 1.82) is 0 Å². The number of thiol groups is 1. The van der Waals surface area contributed by atoms with E-state index < -0.39 is 23.0 Å². The Bertz CT molecular complexity index is 1050. The van der Waals surface area contributed by atoms with Crippen LogP contribution in [0.3, 0.4) is 0 Å². The van der Waals surface area contributed by atoms with Crippen LogP contribution in [-0.2, 0) is 26.5 Å². The van der Waals surface area contributed by atoms with Crippen molar-refractivity contribution in [2.75, 3.05) is 12.1 Å². The molecule has 1 heterocycles. The SMILES string of the molecule is CN(O[SH](=O)=O)c1cccc2c1ccn2C(CCc1ccc(Cl)cc1)C(=O)O. The summed E-state index contributed by atoms with van der Waals surface area (Å²) in [6.45, 7) is 0. The number of aryl methyl sites for hydroxylation is 1. The van der Waals surface area contributed by atoms with Crippen LogP contribution in [0.5, 0.6) is 0 Å². The number of carbonyl (C=O) groups is 1. The molecular formula is C19H19ClN2O5S. The van der Waals surface area contributed by atoms with Gasteiger partial charge in [-0.2, -0.15) is 4.28 Å². The number of hydrogen-bond acceptors (Lipinski definition) is 5. The molecule has 0 bridgehead atoms. The molecule has 0 fully saturated rings. The predicted molar refractivity (Wildman–Crippen MR) is 108 cm³/mol. The molecule has 7 nitrogen and oxygen atoms in total. The van der Waals surface area contributed by atoms with Gasteiger partial charge in [0.15, 0.2) is 0 Å². The van der Waals surface area contributed by atoms with Gasteiger partial charge in [-0.25, -0.2) is 18.3 Å². The third-order valence-corrected chi connectivity index (χ3v) is 5.14. The Morgan fingerprint density at radius 1 is 1.21 bits per heavy atom. The minimum absolute atomic E-state index is 0.393. The Kier molecular flexibility index (Phi) is 6.23. The molecule has 1 N–H and O–H groups in total. The molecule has 0 spiro atoms. The van der Waals surface area contributed by atoms with Crippen LogP contribution in [0, 0.1) is 0 Å². The maximum atomic E-state index is 11.9. The van der Waals surface area contributed by atoms with E-state index in [1.54, 1.807) is 47.2 Å². The smallest absolute Gasteiger partial charge is 0.326 e. The van der Waals surface area contributed by atoms with Gasteiger partial charge in [0.25, 0.3) is 11.0 Å². The average Bonchev–Trinajstić information content (AvgIpc) is 3.06. The summed E-state index contributed by atoms with van der Waals surface area (Å²) in [5, 5.41) is 12.2. The maximum Gasteiger partial charge on any atom is 0.326 e. The molecule has 1 unspecified atom stereocenters. The summed E-state index contributed by atoms with van der Waals surface area (Å²) < 4.78 is 28.1. The van der Waals surface area contributed by atoms with Crippen molar-refractivity contribution in [3.8, 4) is 0 Å². The number of hydrogen-bond donors (Lipinski definition) is 2. The minimum atomic E-state index is -3.05. The molecule has 3 aromatic rings. The Hall–Kier alpha value is -2.55. The lowest BCUT2D eigenvalue weighted by Gasteiger charge is -2.18. The molecule has 3 rings (SSSR count). The topological polar surface area (TPSA) is 88.8 Å². The molecule has 0 aliphatic carbocycles. The van der Waals surface area contributed by atoms with Gasteiger partial charge in [0.2, 0.25) is 0 Å². The van der Waals surface area contributed by atoms with Gasteiger partial charge in [-0.3, -0.25) is 0 Å². The monoisotopic (exact) mass is 422 g/mol. The Morgan fingerprint density at radius 3 is 2.57 bits per heavy atom. The molecule has 1 atom stereocenters. The van der Waals surface area contributed by atoms with E-state index >= 15 is 0 Å². The van der Waals surface area contributed by atoms with Crippen molar-refractivity contribution in [1.82, 2.24) is 4.57 Å². The number of rotatable bonds is 8. The van der Waals surface area contributed by atoms with E-state index in [2.05, 4.69) is 0 Å². The lowest BCUT2D eigenvalue weighted by molar-refractivity contribution is -0.141. The summed E-state index contributed by atoms with van der Waals surface area (Å²) in [5.41, 5.74) is 2.20. The van der Waals surface area contributed by atoms with Gasteiger partial charge in [-0.15, -0.1) is 0 Å². The van der Waals surface area contributed by atoms with Gasteiger partial charge < -0.3 is 9.67 Å².